The van der Waals surface area contributed by atoms with Crippen LogP contribution in [0.5, 0.6) is 0 Å². The number of anilines is 1. The second-order valence-corrected chi connectivity index (χ2v) is 6.41. The molecule has 4 heteroatoms. The molecule has 0 saturated carbocycles. The maximum Gasteiger partial charge on any atom is 0.112 e. The highest BCUT2D eigenvalue weighted by molar-refractivity contribution is 9.10. The average Bonchev–Trinajstić information content (AvgIpc) is 2.86. The van der Waals surface area contributed by atoms with Gasteiger partial charge in [0.05, 0.1) is 11.2 Å². The lowest BCUT2D eigenvalue weighted by Gasteiger charge is -2.30. The third kappa shape index (κ3) is 2.34. The summed E-state index contributed by atoms with van der Waals surface area (Å²) in [7, 11) is 0. The van der Waals surface area contributed by atoms with Gasteiger partial charge in [-0.15, -0.1) is 0 Å². The third-order valence-corrected chi connectivity index (χ3v) is 4.33. The van der Waals surface area contributed by atoms with Crippen LogP contribution in [0.2, 0.25) is 0 Å². The molecule has 0 N–H and O–H groups in total. The van der Waals surface area contributed by atoms with E-state index in [-0.39, 0.29) is 0 Å². The first-order chi connectivity index (χ1) is 9.16. The van der Waals surface area contributed by atoms with Crippen LogP contribution in [0.25, 0.3) is 11.0 Å². The Hall–Kier alpha value is -1.16. The van der Waals surface area contributed by atoms with E-state index in [1.165, 1.54) is 18.5 Å². The minimum Gasteiger partial charge on any atom is -0.366 e. The van der Waals surface area contributed by atoms with E-state index in [0.29, 0.717) is 12.0 Å². The van der Waals surface area contributed by atoms with E-state index in [2.05, 4.69) is 50.7 Å². The van der Waals surface area contributed by atoms with E-state index in [1.54, 1.807) is 0 Å². The largest absolute Gasteiger partial charge is 0.366 e. The zero-order chi connectivity index (χ0) is 13.4. The molecule has 1 unspecified atom stereocenters. The summed E-state index contributed by atoms with van der Waals surface area (Å²) in [6.45, 7) is 5.73. The highest BCUT2D eigenvalue weighted by atomic mass is 79.9. The number of halogens is 1. The van der Waals surface area contributed by atoms with Crippen molar-refractivity contribution in [2.45, 2.75) is 32.7 Å². The van der Waals surface area contributed by atoms with Crippen molar-refractivity contribution in [1.29, 1.82) is 0 Å². The summed E-state index contributed by atoms with van der Waals surface area (Å²) < 4.78 is 0.978. The van der Waals surface area contributed by atoms with Gasteiger partial charge in [-0.1, -0.05) is 13.8 Å². The molecule has 1 saturated heterocycles. The third-order valence-electron chi connectivity index (χ3n) is 3.90. The summed E-state index contributed by atoms with van der Waals surface area (Å²) in [5.41, 5.74) is 3.20. The highest BCUT2D eigenvalue weighted by Gasteiger charge is 2.28. The molecule has 0 bridgehead atoms. The van der Waals surface area contributed by atoms with Gasteiger partial charge in [0.1, 0.15) is 5.52 Å². The first-order valence-electron chi connectivity index (χ1n) is 6.83. The second-order valence-electron chi connectivity index (χ2n) is 5.50. The van der Waals surface area contributed by atoms with E-state index in [9.17, 15) is 0 Å². The lowest BCUT2D eigenvalue weighted by atomic mass is 10.0. The predicted octanol–water partition coefficient (Wildman–Crippen LogP) is 4.02. The Morgan fingerprint density at radius 3 is 3.00 bits per heavy atom. The van der Waals surface area contributed by atoms with Gasteiger partial charge in [0.15, 0.2) is 0 Å². The molecular weight excluding hydrogens is 302 g/mol. The van der Waals surface area contributed by atoms with Gasteiger partial charge in [0.25, 0.3) is 0 Å². The first kappa shape index (κ1) is 12.9. The van der Waals surface area contributed by atoms with Crippen LogP contribution in [-0.2, 0) is 0 Å². The van der Waals surface area contributed by atoms with Crippen molar-refractivity contribution in [2.24, 2.45) is 5.92 Å². The van der Waals surface area contributed by atoms with E-state index >= 15 is 0 Å². The molecule has 1 fully saturated rings. The number of aromatic nitrogens is 2. The molecule has 3 nitrogen and oxygen atoms in total. The fourth-order valence-corrected chi connectivity index (χ4v) is 3.33. The monoisotopic (exact) mass is 319 g/mol. The van der Waals surface area contributed by atoms with Crippen molar-refractivity contribution in [3.05, 3.63) is 29.0 Å². The predicted molar refractivity (Wildman–Crippen MR) is 82.4 cm³/mol. The molecule has 0 radical (unpaired) electrons. The SMILES string of the molecule is CC(C)C1CCCN1c1ccnc2cc(Br)cnc12. The molecule has 1 aliphatic rings. The van der Waals surface area contributed by atoms with Crippen LogP contribution < -0.4 is 4.90 Å². The first-order valence-corrected chi connectivity index (χ1v) is 7.63. The van der Waals surface area contributed by atoms with Crippen molar-refractivity contribution in [1.82, 2.24) is 9.97 Å². The Bertz CT molecular complexity index is 597. The number of hydrogen-bond acceptors (Lipinski definition) is 3. The molecule has 0 aromatic carbocycles. The van der Waals surface area contributed by atoms with Crippen molar-refractivity contribution in [3.63, 3.8) is 0 Å². The molecule has 0 spiro atoms. The van der Waals surface area contributed by atoms with Crippen molar-refractivity contribution < 1.29 is 0 Å². The van der Waals surface area contributed by atoms with Crippen LogP contribution in [0.1, 0.15) is 26.7 Å². The molecule has 2 aromatic rings. The van der Waals surface area contributed by atoms with Gasteiger partial charge in [-0.3, -0.25) is 9.97 Å². The van der Waals surface area contributed by atoms with Gasteiger partial charge < -0.3 is 4.90 Å². The van der Waals surface area contributed by atoms with Crippen molar-refractivity contribution >= 4 is 32.7 Å². The standard InChI is InChI=1S/C15H18BrN3/c1-10(2)13-4-3-7-19(13)14-5-6-17-12-8-11(16)9-18-15(12)14/h5-6,8-10,13H,3-4,7H2,1-2H3. The second kappa shape index (κ2) is 5.08. The fourth-order valence-electron chi connectivity index (χ4n) is 3.01. The van der Waals surface area contributed by atoms with E-state index in [0.717, 1.165) is 22.1 Å². The molecule has 1 atom stereocenters. The van der Waals surface area contributed by atoms with Gasteiger partial charge >= 0.3 is 0 Å². The molecule has 100 valence electrons. The number of rotatable bonds is 2. The van der Waals surface area contributed by atoms with Gasteiger partial charge in [-0.25, -0.2) is 0 Å². The molecule has 19 heavy (non-hydrogen) atoms. The van der Waals surface area contributed by atoms with Crippen LogP contribution in [0.3, 0.4) is 0 Å². The number of fused-ring (bicyclic) bond motifs is 1. The Balaban J connectivity index is 2.09. The maximum atomic E-state index is 4.57. The molecular formula is C15H18BrN3. The number of hydrogen-bond donors (Lipinski definition) is 0. The summed E-state index contributed by atoms with van der Waals surface area (Å²) >= 11 is 3.46. The zero-order valence-electron chi connectivity index (χ0n) is 11.3. The van der Waals surface area contributed by atoms with Gasteiger partial charge in [0.2, 0.25) is 0 Å². The summed E-state index contributed by atoms with van der Waals surface area (Å²) in [6.07, 6.45) is 6.29. The molecule has 0 aliphatic carbocycles. The topological polar surface area (TPSA) is 29.0 Å². The molecule has 1 aliphatic heterocycles. The molecule has 3 heterocycles. The summed E-state index contributed by atoms with van der Waals surface area (Å²) in [5, 5.41) is 0. The lowest BCUT2D eigenvalue weighted by molar-refractivity contribution is 0.492. The Morgan fingerprint density at radius 1 is 1.37 bits per heavy atom. The molecule has 3 rings (SSSR count). The zero-order valence-corrected chi connectivity index (χ0v) is 12.9. The summed E-state index contributed by atoms with van der Waals surface area (Å²) in [5.74, 6) is 0.668. The Labute approximate surface area is 122 Å². The Kier molecular flexibility index (Phi) is 3.44. The van der Waals surface area contributed by atoms with Crippen LogP contribution >= 0.6 is 15.9 Å². The van der Waals surface area contributed by atoms with Gasteiger partial charge in [0, 0.05) is 29.5 Å². The highest BCUT2D eigenvalue weighted by Crippen LogP contribution is 2.33. The van der Waals surface area contributed by atoms with E-state index in [4.69, 9.17) is 0 Å². The fraction of sp³-hybridized carbons (Fsp3) is 0.467. The van der Waals surface area contributed by atoms with Crippen molar-refractivity contribution in [3.8, 4) is 0 Å². The van der Waals surface area contributed by atoms with Crippen LogP contribution in [-0.4, -0.2) is 22.6 Å². The van der Waals surface area contributed by atoms with Crippen molar-refractivity contribution in [2.75, 3.05) is 11.4 Å². The lowest BCUT2D eigenvalue weighted by Crippen LogP contribution is -2.33. The van der Waals surface area contributed by atoms with E-state index in [1.807, 2.05) is 18.5 Å². The normalized spacial score (nSPS) is 19.6. The smallest absolute Gasteiger partial charge is 0.112 e. The quantitative estimate of drug-likeness (QED) is 0.837. The minimum absolute atomic E-state index is 0.621. The van der Waals surface area contributed by atoms with Crippen LogP contribution in [0.15, 0.2) is 29.0 Å². The van der Waals surface area contributed by atoms with Gasteiger partial charge in [-0.05, 0) is 46.8 Å². The maximum absolute atomic E-state index is 4.57. The van der Waals surface area contributed by atoms with Crippen LogP contribution in [0, 0.1) is 5.92 Å². The summed E-state index contributed by atoms with van der Waals surface area (Å²) in [6, 6.07) is 4.76. The number of nitrogens with zero attached hydrogens (tertiary/aromatic N) is 3. The van der Waals surface area contributed by atoms with E-state index < -0.39 is 0 Å². The molecule has 0 amide bonds. The van der Waals surface area contributed by atoms with Gasteiger partial charge in [-0.2, -0.15) is 0 Å². The summed E-state index contributed by atoms with van der Waals surface area (Å²) in [4.78, 5) is 11.5. The average molecular weight is 320 g/mol. The molecule has 2 aromatic heterocycles. The van der Waals surface area contributed by atoms with Crippen LogP contribution in [0.4, 0.5) is 5.69 Å². The Morgan fingerprint density at radius 2 is 2.21 bits per heavy atom. The minimum atomic E-state index is 0.621. The number of pyridine rings is 2.